The fourth-order valence-electron chi connectivity index (χ4n) is 8.11. The van der Waals surface area contributed by atoms with Crippen LogP contribution in [0.4, 0.5) is 0 Å². The molecule has 3 fully saturated rings. The Morgan fingerprint density at radius 2 is 1.89 bits per heavy atom. The van der Waals surface area contributed by atoms with Crippen molar-refractivity contribution in [3.05, 3.63) is 23.3 Å². The second-order valence-electron chi connectivity index (χ2n) is 11.6. The first-order chi connectivity index (χ1) is 13.3. The molecule has 0 radical (unpaired) electrons. The molecule has 0 aromatic carbocycles. The molecule has 0 bridgehead atoms. The molecule has 0 N–H and O–H groups in total. The van der Waals surface area contributed by atoms with Crippen LogP contribution in [0.15, 0.2) is 23.3 Å². The molecule has 0 aliphatic heterocycles. The zero-order valence-corrected chi connectivity index (χ0v) is 19.0. The van der Waals surface area contributed by atoms with Crippen LogP contribution in [0.2, 0.25) is 0 Å². The summed E-state index contributed by atoms with van der Waals surface area (Å²) in [5.41, 5.74) is 4.21. The molecule has 3 saturated carbocycles. The van der Waals surface area contributed by atoms with Gasteiger partial charge in [-0.25, -0.2) is 0 Å². The smallest absolute Gasteiger partial charge is 0.133 e. The van der Waals surface area contributed by atoms with Crippen LogP contribution in [0.3, 0.4) is 0 Å². The number of fused-ring (bicyclic) bond motifs is 5. The van der Waals surface area contributed by atoms with Gasteiger partial charge in [-0.2, -0.15) is 0 Å². The van der Waals surface area contributed by atoms with Gasteiger partial charge in [-0.1, -0.05) is 44.1 Å². The molecule has 7 atom stereocenters. The van der Waals surface area contributed by atoms with Crippen molar-refractivity contribution in [2.24, 2.45) is 40.4 Å². The van der Waals surface area contributed by atoms with E-state index in [-0.39, 0.29) is 0 Å². The molecule has 156 valence electrons. The quantitative estimate of drug-likeness (QED) is 0.460. The summed E-state index contributed by atoms with van der Waals surface area (Å²) in [4.78, 5) is 12.1. The van der Waals surface area contributed by atoms with Gasteiger partial charge >= 0.3 is 0 Å². The van der Waals surface area contributed by atoms with E-state index in [1.165, 1.54) is 50.5 Å². The summed E-state index contributed by atoms with van der Waals surface area (Å²) >= 11 is 0. The Hall–Kier alpha value is -0.850. The summed E-state index contributed by atoms with van der Waals surface area (Å²) in [6.07, 6.45) is 17.3. The van der Waals surface area contributed by atoms with Crippen LogP contribution in [0.1, 0.15) is 98.8 Å². The van der Waals surface area contributed by atoms with Crippen molar-refractivity contribution in [3.63, 3.8) is 0 Å². The fraction of sp³-hybridized carbons (Fsp3) is 0.815. The van der Waals surface area contributed by atoms with E-state index in [0.717, 1.165) is 42.9 Å². The van der Waals surface area contributed by atoms with Crippen LogP contribution < -0.4 is 0 Å². The number of hydrogen-bond donors (Lipinski definition) is 0. The predicted molar refractivity (Wildman–Crippen MR) is 118 cm³/mol. The highest BCUT2D eigenvalue weighted by atomic mass is 16.1. The van der Waals surface area contributed by atoms with Gasteiger partial charge in [0.25, 0.3) is 0 Å². The summed E-state index contributed by atoms with van der Waals surface area (Å²) in [6, 6.07) is 0. The van der Waals surface area contributed by atoms with E-state index < -0.39 is 0 Å². The highest BCUT2D eigenvalue weighted by Crippen LogP contribution is 2.66. The normalized spacial score (nSPS) is 43.5. The van der Waals surface area contributed by atoms with Crippen molar-refractivity contribution in [1.29, 1.82) is 0 Å². The summed E-state index contributed by atoms with van der Waals surface area (Å²) in [5.74, 6) is 4.44. The number of hydrogen-bond acceptors (Lipinski definition) is 1. The van der Waals surface area contributed by atoms with E-state index in [0.29, 0.717) is 22.5 Å². The van der Waals surface area contributed by atoms with Crippen molar-refractivity contribution in [2.45, 2.75) is 98.8 Å². The zero-order valence-electron chi connectivity index (χ0n) is 19.0. The van der Waals surface area contributed by atoms with Gasteiger partial charge in [0.15, 0.2) is 0 Å². The molecule has 0 amide bonds. The van der Waals surface area contributed by atoms with Crippen LogP contribution >= 0.6 is 0 Å². The maximum atomic E-state index is 12.1. The van der Waals surface area contributed by atoms with E-state index in [1.807, 2.05) is 5.57 Å². The molecule has 0 aromatic rings. The second kappa shape index (κ2) is 7.44. The molecule has 0 aromatic heterocycles. The maximum absolute atomic E-state index is 12.1. The Bertz CT molecular complexity index is 680. The number of ketones is 1. The Morgan fingerprint density at radius 1 is 1.14 bits per heavy atom. The van der Waals surface area contributed by atoms with Crippen molar-refractivity contribution < 1.29 is 4.79 Å². The van der Waals surface area contributed by atoms with Crippen LogP contribution in [0.25, 0.3) is 0 Å². The Kier molecular flexibility index (Phi) is 5.43. The third-order valence-electron chi connectivity index (χ3n) is 9.83. The lowest BCUT2D eigenvalue weighted by Crippen LogP contribution is -2.49. The lowest BCUT2D eigenvalue weighted by molar-refractivity contribution is -0.127. The zero-order chi connectivity index (χ0) is 20.1. The lowest BCUT2D eigenvalue weighted by Gasteiger charge is -2.57. The lowest BCUT2D eigenvalue weighted by atomic mass is 9.47. The minimum atomic E-state index is 0.395. The van der Waals surface area contributed by atoms with Crippen LogP contribution in [0.5, 0.6) is 0 Å². The topological polar surface area (TPSA) is 17.1 Å². The van der Waals surface area contributed by atoms with Gasteiger partial charge in [0, 0.05) is 12.8 Å². The molecule has 0 spiro atoms. The molecule has 0 heterocycles. The molecule has 1 heteroatoms. The summed E-state index contributed by atoms with van der Waals surface area (Å²) < 4.78 is 0. The molecule has 0 unspecified atom stereocenters. The van der Waals surface area contributed by atoms with Crippen molar-refractivity contribution >= 4 is 5.78 Å². The monoisotopic (exact) mass is 382 g/mol. The van der Waals surface area contributed by atoms with Gasteiger partial charge in [0.1, 0.15) is 5.78 Å². The Labute approximate surface area is 173 Å². The van der Waals surface area contributed by atoms with Crippen molar-refractivity contribution in [1.82, 2.24) is 0 Å². The van der Waals surface area contributed by atoms with Crippen LogP contribution in [0, 0.1) is 40.4 Å². The number of Topliss-reactive ketones (excluding diaryl/α,β-unsaturated/α-hetero) is 1. The van der Waals surface area contributed by atoms with E-state index in [9.17, 15) is 4.79 Å². The molecule has 4 aliphatic rings. The van der Waals surface area contributed by atoms with E-state index in [2.05, 4.69) is 46.8 Å². The predicted octanol–water partition coefficient (Wildman–Crippen LogP) is 7.52. The molecule has 0 saturated heterocycles. The average Bonchev–Trinajstić information content (AvgIpc) is 2.99. The van der Waals surface area contributed by atoms with Crippen LogP contribution in [-0.4, -0.2) is 5.78 Å². The Balaban J connectivity index is 1.53. The minimum absolute atomic E-state index is 0.395. The van der Waals surface area contributed by atoms with Crippen LogP contribution in [-0.2, 0) is 4.79 Å². The van der Waals surface area contributed by atoms with E-state index >= 15 is 0 Å². The fourth-order valence-corrected chi connectivity index (χ4v) is 8.11. The number of rotatable bonds is 4. The summed E-state index contributed by atoms with van der Waals surface area (Å²) in [7, 11) is 0. The highest BCUT2D eigenvalue weighted by molar-refractivity contribution is 5.79. The van der Waals surface area contributed by atoms with Gasteiger partial charge in [-0.05, 0) is 106 Å². The molecule has 4 rings (SSSR count). The van der Waals surface area contributed by atoms with E-state index in [1.54, 1.807) is 0 Å². The minimum Gasteiger partial charge on any atom is -0.300 e. The molecule has 1 nitrogen and oxygen atoms in total. The van der Waals surface area contributed by atoms with Gasteiger partial charge in [-0.15, -0.1) is 0 Å². The third-order valence-corrected chi connectivity index (χ3v) is 9.83. The second-order valence-corrected chi connectivity index (χ2v) is 11.6. The van der Waals surface area contributed by atoms with Gasteiger partial charge in [-0.3, -0.25) is 4.79 Å². The van der Waals surface area contributed by atoms with Gasteiger partial charge in [0.05, 0.1) is 0 Å². The average molecular weight is 383 g/mol. The molecular formula is C27H42O. The number of carbonyl (C=O) groups excluding carboxylic acids is 1. The third kappa shape index (κ3) is 3.25. The summed E-state index contributed by atoms with van der Waals surface area (Å²) in [6.45, 7) is 12.2. The van der Waals surface area contributed by atoms with Gasteiger partial charge < -0.3 is 0 Å². The molecule has 4 aliphatic carbocycles. The first kappa shape index (κ1) is 20.4. The number of allylic oxidation sites excluding steroid dienone is 4. The largest absolute Gasteiger partial charge is 0.300 e. The van der Waals surface area contributed by atoms with Crippen molar-refractivity contribution in [3.8, 4) is 0 Å². The highest BCUT2D eigenvalue weighted by Gasteiger charge is 2.58. The molecular weight excluding hydrogens is 340 g/mol. The number of carbonyl (C=O) groups is 1. The first-order valence-electron chi connectivity index (χ1n) is 12.1. The summed E-state index contributed by atoms with van der Waals surface area (Å²) in [5, 5.41) is 0. The van der Waals surface area contributed by atoms with Crippen molar-refractivity contribution in [2.75, 3.05) is 0 Å². The maximum Gasteiger partial charge on any atom is 0.133 e. The molecule has 28 heavy (non-hydrogen) atoms. The first-order valence-corrected chi connectivity index (χ1v) is 12.1. The van der Waals surface area contributed by atoms with E-state index in [4.69, 9.17) is 0 Å². The SMILES string of the molecule is CC(C)=CCC[C@@H](C)[C@H]1CC[C@H]2C3=CC[C@H]4CC(=O)CC[C@]4(C)[C@H]3CC[C@]12C. The standard InChI is InChI=1S/C27H42O/c1-18(2)7-6-8-19(3)23-11-12-24-22-10-9-20-17-21(28)13-15-26(20,4)25(22)14-16-27(23,24)5/h7,10,19-20,23-25H,6,8-9,11-17H2,1-5H3/t19-,20+,23-,24+,25+,26+,27-/m1/s1. The van der Waals surface area contributed by atoms with Gasteiger partial charge in [0.2, 0.25) is 0 Å². The Morgan fingerprint density at radius 3 is 2.64 bits per heavy atom.